The molecule has 1 N–H and O–H groups in total. The fourth-order valence-electron chi connectivity index (χ4n) is 1.64. The van der Waals surface area contributed by atoms with Gasteiger partial charge in [-0.25, -0.2) is 0 Å². The Labute approximate surface area is 110 Å². The number of hydrogen-bond acceptors (Lipinski definition) is 3. The number of nitrogens with zero attached hydrogens (tertiary/aromatic N) is 1. The van der Waals surface area contributed by atoms with E-state index in [4.69, 9.17) is 4.74 Å². The largest absolute Gasteiger partial charge is 0.383 e. The van der Waals surface area contributed by atoms with Crippen LogP contribution in [0.15, 0.2) is 36.9 Å². The van der Waals surface area contributed by atoms with Crippen LogP contribution in [0.25, 0.3) is 5.57 Å². The van der Waals surface area contributed by atoms with Crippen LogP contribution in [0.5, 0.6) is 0 Å². The van der Waals surface area contributed by atoms with Crippen molar-refractivity contribution in [3.05, 3.63) is 42.5 Å². The standard InChI is InChI=1S/C15H24N2O/c1-14(15-7-5-4-6-8-15)13-16-9-10-17(2)11-12-18-3/h4-8,16H,1,9-13H2,2-3H3. The van der Waals surface area contributed by atoms with Crippen LogP contribution < -0.4 is 5.32 Å². The molecule has 0 fully saturated rings. The lowest BCUT2D eigenvalue weighted by Gasteiger charge is -2.16. The van der Waals surface area contributed by atoms with Crippen molar-refractivity contribution in [2.75, 3.05) is 46.9 Å². The fourth-order valence-corrected chi connectivity index (χ4v) is 1.64. The van der Waals surface area contributed by atoms with Crippen LogP contribution in [-0.4, -0.2) is 51.8 Å². The zero-order valence-corrected chi connectivity index (χ0v) is 11.5. The van der Waals surface area contributed by atoms with Gasteiger partial charge in [-0.05, 0) is 18.2 Å². The Bertz CT molecular complexity index is 338. The van der Waals surface area contributed by atoms with Gasteiger partial charge in [0.05, 0.1) is 6.61 Å². The lowest BCUT2D eigenvalue weighted by molar-refractivity contribution is 0.161. The van der Waals surface area contributed by atoms with Crippen molar-refractivity contribution in [2.24, 2.45) is 0 Å². The van der Waals surface area contributed by atoms with Crippen LogP contribution in [-0.2, 0) is 4.74 Å². The van der Waals surface area contributed by atoms with Crippen molar-refractivity contribution in [3.63, 3.8) is 0 Å². The molecule has 100 valence electrons. The number of benzene rings is 1. The summed E-state index contributed by atoms with van der Waals surface area (Å²) in [7, 11) is 3.84. The third-order valence-corrected chi connectivity index (χ3v) is 2.87. The van der Waals surface area contributed by atoms with Crippen LogP contribution in [0.3, 0.4) is 0 Å². The molecule has 3 nitrogen and oxygen atoms in total. The molecule has 3 heteroatoms. The van der Waals surface area contributed by atoms with Gasteiger partial charge >= 0.3 is 0 Å². The summed E-state index contributed by atoms with van der Waals surface area (Å²) in [6, 6.07) is 10.3. The zero-order chi connectivity index (χ0) is 13.2. The summed E-state index contributed by atoms with van der Waals surface area (Å²) in [5, 5.41) is 3.41. The number of ether oxygens (including phenoxy) is 1. The van der Waals surface area contributed by atoms with E-state index in [2.05, 4.69) is 36.0 Å². The third kappa shape index (κ3) is 5.96. The average Bonchev–Trinajstić information content (AvgIpc) is 2.42. The highest BCUT2D eigenvalue weighted by Crippen LogP contribution is 2.09. The molecule has 18 heavy (non-hydrogen) atoms. The SMILES string of the molecule is C=C(CNCCN(C)CCOC)c1ccccc1. The molecule has 0 amide bonds. The predicted molar refractivity (Wildman–Crippen MR) is 77.7 cm³/mol. The van der Waals surface area contributed by atoms with E-state index in [1.165, 1.54) is 5.56 Å². The second kappa shape index (κ2) is 8.86. The maximum Gasteiger partial charge on any atom is 0.0589 e. The molecule has 0 saturated heterocycles. The van der Waals surface area contributed by atoms with E-state index in [0.29, 0.717) is 0 Å². The van der Waals surface area contributed by atoms with Crippen molar-refractivity contribution in [3.8, 4) is 0 Å². The maximum absolute atomic E-state index is 5.04. The molecule has 0 aliphatic rings. The highest BCUT2D eigenvalue weighted by Gasteiger charge is 1.99. The van der Waals surface area contributed by atoms with Crippen LogP contribution in [0.4, 0.5) is 0 Å². The Morgan fingerprint density at radius 3 is 2.67 bits per heavy atom. The Hall–Kier alpha value is -1.16. The smallest absolute Gasteiger partial charge is 0.0589 e. The van der Waals surface area contributed by atoms with Crippen LogP contribution in [0, 0.1) is 0 Å². The lowest BCUT2D eigenvalue weighted by atomic mass is 10.1. The summed E-state index contributed by atoms with van der Waals surface area (Å²) in [5.41, 5.74) is 2.34. The minimum Gasteiger partial charge on any atom is -0.383 e. The molecule has 0 heterocycles. The molecule has 0 saturated carbocycles. The number of nitrogens with one attached hydrogen (secondary N) is 1. The van der Waals surface area contributed by atoms with Crippen LogP contribution >= 0.6 is 0 Å². The molecule has 0 aromatic heterocycles. The van der Waals surface area contributed by atoms with Gasteiger partial charge in [0.1, 0.15) is 0 Å². The Balaban J connectivity index is 2.13. The first-order chi connectivity index (χ1) is 8.74. The van der Waals surface area contributed by atoms with Gasteiger partial charge in [0, 0.05) is 33.3 Å². The highest BCUT2D eigenvalue weighted by atomic mass is 16.5. The number of likely N-dealkylation sites (N-methyl/N-ethyl adjacent to an activating group) is 1. The molecule has 1 aromatic rings. The van der Waals surface area contributed by atoms with E-state index in [0.717, 1.165) is 38.4 Å². The van der Waals surface area contributed by atoms with Crippen molar-refractivity contribution in [2.45, 2.75) is 0 Å². The zero-order valence-electron chi connectivity index (χ0n) is 11.5. The summed E-state index contributed by atoms with van der Waals surface area (Å²) in [6.07, 6.45) is 0. The number of rotatable bonds is 9. The molecule has 0 spiro atoms. The van der Waals surface area contributed by atoms with E-state index >= 15 is 0 Å². The van der Waals surface area contributed by atoms with Crippen molar-refractivity contribution in [1.29, 1.82) is 0 Å². The highest BCUT2D eigenvalue weighted by molar-refractivity contribution is 5.64. The van der Waals surface area contributed by atoms with Crippen LogP contribution in [0.2, 0.25) is 0 Å². The van der Waals surface area contributed by atoms with Crippen LogP contribution in [0.1, 0.15) is 5.56 Å². The van der Waals surface area contributed by atoms with Gasteiger partial charge in [0.15, 0.2) is 0 Å². The van der Waals surface area contributed by atoms with Gasteiger partial charge in [0.2, 0.25) is 0 Å². The molecular formula is C15H24N2O. The summed E-state index contributed by atoms with van der Waals surface area (Å²) in [5.74, 6) is 0. The van der Waals surface area contributed by atoms with E-state index in [9.17, 15) is 0 Å². The Morgan fingerprint density at radius 2 is 2.00 bits per heavy atom. The molecule has 0 unspecified atom stereocenters. The van der Waals surface area contributed by atoms with Gasteiger partial charge < -0.3 is 15.0 Å². The molecule has 1 rings (SSSR count). The maximum atomic E-state index is 5.04. The van der Waals surface area contributed by atoms with Crippen molar-refractivity contribution < 1.29 is 4.74 Å². The minimum atomic E-state index is 0.785. The quantitative estimate of drug-likeness (QED) is 0.675. The number of hydrogen-bond donors (Lipinski definition) is 1. The first kappa shape index (κ1) is 14.9. The van der Waals surface area contributed by atoms with Gasteiger partial charge in [-0.3, -0.25) is 0 Å². The number of methoxy groups -OCH3 is 1. The molecule has 0 bridgehead atoms. The monoisotopic (exact) mass is 248 g/mol. The lowest BCUT2D eigenvalue weighted by Crippen LogP contribution is -2.32. The summed E-state index contributed by atoms with van der Waals surface area (Å²) in [6.45, 7) is 8.67. The van der Waals surface area contributed by atoms with Gasteiger partial charge in [0.25, 0.3) is 0 Å². The Morgan fingerprint density at radius 1 is 1.28 bits per heavy atom. The molecule has 0 aliphatic heterocycles. The minimum absolute atomic E-state index is 0.785. The second-order valence-corrected chi connectivity index (χ2v) is 4.44. The van der Waals surface area contributed by atoms with E-state index in [1.807, 2.05) is 18.2 Å². The molecule has 0 radical (unpaired) electrons. The molecular weight excluding hydrogens is 224 g/mol. The first-order valence-electron chi connectivity index (χ1n) is 6.35. The molecule has 0 atom stereocenters. The van der Waals surface area contributed by atoms with Gasteiger partial charge in [-0.2, -0.15) is 0 Å². The molecule has 0 aliphatic carbocycles. The predicted octanol–water partition coefficient (Wildman–Crippen LogP) is 1.87. The summed E-state index contributed by atoms with van der Waals surface area (Å²) in [4.78, 5) is 2.25. The summed E-state index contributed by atoms with van der Waals surface area (Å²) >= 11 is 0. The Kier molecular flexibility index (Phi) is 7.34. The van der Waals surface area contributed by atoms with Gasteiger partial charge in [-0.15, -0.1) is 0 Å². The first-order valence-corrected chi connectivity index (χ1v) is 6.35. The van der Waals surface area contributed by atoms with Gasteiger partial charge in [-0.1, -0.05) is 36.9 Å². The topological polar surface area (TPSA) is 24.5 Å². The summed E-state index contributed by atoms with van der Waals surface area (Å²) < 4.78 is 5.04. The van der Waals surface area contributed by atoms with E-state index < -0.39 is 0 Å². The average molecular weight is 248 g/mol. The third-order valence-electron chi connectivity index (χ3n) is 2.87. The second-order valence-electron chi connectivity index (χ2n) is 4.44. The fraction of sp³-hybridized carbons (Fsp3) is 0.467. The van der Waals surface area contributed by atoms with Crippen molar-refractivity contribution in [1.82, 2.24) is 10.2 Å². The normalized spacial score (nSPS) is 10.8. The molecule has 1 aromatic carbocycles. The van der Waals surface area contributed by atoms with E-state index in [1.54, 1.807) is 7.11 Å². The van der Waals surface area contributed by atoms with Crippen molar-refractivity contribution >= 4 is 5.57 Å². The van der Waals surface area contributed by atoms with E-state index in [-0.39, 0.29) is 0 Å².